The van der Waals surface area contributed by atoms with Crippen molar-refractivity contribution in [3.05, 3.63) is 54.2 Å². The fourth-order valence-electron chi connectivity index (χ4n) is 3.50. The van der Waals surface area contributed by atoms with E-state index in [0.29, 0.717) is 24.5 Å². The van der Waals surface area contributed by atoms with Crippen LogP contribution in [-0.4, -0.2) is 49.7 Å². The molecule has 3 heterocycles. The smallest absolute Gasteiger partial charge is 0.253 e. The number of benzene rings is 1. The lowest BCUT2D eigenvalue weighted by Gasteiger charge is -2.32. The molecule has 0 aliphatic carbocycles. The van der Waals surface area contributed by atoms with Gasteiger partial charge in [-0.05, 0) is 31.0 Å². The van der Waals surface area contributed by atoms with Crippen molar-refractivity contribution in [3.8, 4) is 0 Å². The molecule has 3 aromatic rings. The second-order valence-electron chi connectivity index (χ2n) is 6.84. The minimum absolute atomic E-state index is 0.00706. The topological polar surface area (TPSA) is 101 Å². The van der Waals surface area contributed by atoms with Crippen molar-refractivity contribution in [2.75, 3.05) is 18.4 Å². The molecule has 2 aromatic heterocycles. The summed E-state index contributed by atoms with van der Waals surface area (Å²) in [5.41, 5.74) is 3.01. The quantitative estimate of drug-likeness (QED) is 0.753. The molecule has 0 bridgehead atoms. The maximum Gasteiger partial charge on any atom is 0.253 e. The van der Waals surface area contributed by atoms with Crippen molar-refractivity contribution >= 4 is 28.7 Å². The van der Waals surface area contributed by atoms with Gasteiger partial charge in [0.1, 0.15) is 12.1 Å². The molecule has 28 heavy (non-hydrogen) atoms. The number of nitrogens with one attached hydrogen (secondary N) is 1. The minimum atomic E-state index is -0.162. The second-order valence-corrected chi connectivity index (χ2v) is 6.84. The maximum atomic E-state index is 12.9. The van der Waals surface area contributed by atoms with Crippen LogP contribution < -0.4 is 5.32 Å². The number of anilines is 1. The van der Waals surface area contributed by atoms with E-state index in [4.69, 9.17) is 0 Å². The number of aromatic nitrogens is 4. The molecule has 0 saturated carbocycles. The lowest BCUT2D eigenvalue weighted by Crippen LogP contribution is -2.38. The Morgan fingerprint density at radius 2 is 1.75 bits per heavy atom. The van der Waals surface area contributed by atoms with Gasteiger partial charge in [0.05, 0.1) is 11.0 Å². The highest BCUT2D eigenvalue weighted by atomic mass is 16.2. The lowest BCUT2D eigenvalue weighted by molar-refractivity contribution is -0.114. The molecule has 1 aliphatic rings. The molecule has 0 spiro atoms. The number of amides is 2. The first-order chi connectivity index (χ1) is 13.6. The molecular weight excluding hydrogens is 356 g/mol. The summed E-state index contributed by atoms with van der Waals surface area (Å²) in [6, 6.07) is 7.23. The van der Waals surface area contributed by atoms with E-state index in [9.17, 15) is 9.59 Å². The van der Waals surface area contributed by atoms with E-state index in [2.05, 4.69) is 25.3 Å². The van der Waals surface area contributed by atoms with Gasteiger partial charge >= 0.3 is 0 Å². The normalized spacial score (nSPS) is 14.8. The van der Waals surface area contributed by atoms with Crippen molar-refractivity contribution in [3.63, 3.8) is 0 Å². The number of carbonyl (C=O) groups excluding carboxylic acids is 2. The summed E-state index contributed by atoms with van der Waals surface area (Å²) >= 11 is 0. The number of likely N-dealkylation sites (tertiary alicyclic amines) is 1. The van der Waals surface area contributed by atoms with Gasteiger partial charge in [-0.2, -0.15) is 0 Å². The van der Waals surface area contributed by atoms with Crippen molar-refractivity contribution in [1.29, 1.82) is 0 Å². The number of rotatable bonds is 3. The Kier molecular flexibility index (Phi) is 4.92. The molecule has 1 fully saturated rings. The van der Waals surface area contributed by atoms with E-state index in [0.717, 1.165) is 29.6 Å². The van der Waals surface area contributed by atoms with Crippen LogP contribution in [0.1, 0.15) is 41.7 Å². The molecule has 1 N–H and O–H groups in total. The van der Waals surface area contributed by atoms with E-state index >= 15 is 0 Å². The van der Waals surface area contributed by atoms with Gasteiger partial charge in [-0.1, -0.05) is 0 Å². The van der Waals surface area contributed by atoms with E-state index in [1.54, 1.807) is 24.5 Å². The zero-order chi connectivity index (χ0) is 19.5. The molecule has 8 heteroatoms. The standard InChI is InChI=1S/C20H20N6O2/c1-13(27)25-19-11-17(23-12-24-19)14-4-8-26(9-5-14)20(28)15-2-3-16-18(10-15)22-7-6-21-16/h2-3,6-7,10-12,14H,4-5,8-9H2,1H3,(H,23,24,25,27). The Bertz CT molecular complexity index is 1030. The van der Waals surface area contributed by atoms with Crippen LogP contribution in [0.5, 0.6) is 0 Å². The summed E-state index contributed by atoms with van der Waals surface area (Å²) in [6.07, 6.45) is 6.36. The van der Waals surface area contributed by atoms with Gasteiger partial charge in [0, 0.05) is 55.6 Å². The van der Waals surface area contributed by atoms with Crippen LogP contribution in [0.15, 0.2) is 43.0 Å². The Morgan fingerprint density at radius 3 is 2.50 bits per heavy atom. The third kappa shape index (κ3) is 3.80. The van der Waals surface area contributed by atoms with Gasteiger partial charge in [0.15, 0.2) is 0 Å². The van der Waals surface area contributed by atoms with E-state index < -0.39 is 0 Å². The van der Waals surface area contributed by atoms with Crippen LogP contribution in [0.2, 0.25) is 0 Å². The fraction of sp³-hybridized carbons (Fsp3) is 0.300. The highest BCUT2D eigenvalue weighted by Gasteiger charge is 2.26. The average Bonchev–Trinajstić information content (AvgIpc) is 2.73. The third-order valence-corrected chi connectivity index (χ3v) is 4.91. The van der Waals surface area contributed by atoms with Crippen LogP contribution in [0.4, 0.5) is 5.82 Å². The summed E-state index contributed by atoms with van der Waals surface area (Å²) < 4.78 is 0. The first-order valence-electron chi connectivity index (χ1n) is 9.20. The van der Waals surface area contributed by atoms with E-state index in [1.165, 1.54) is 13.3 Å². The number of carbonyl (C=O) groups is 2. The van der Waals surface area contributed by atoms with Gasteiger partial charge in [-0.25, -0.2) is 9.97 Å². The summed E-state index contributed by atoms with van der Waals surface area (Å²) in [5.74, 6) is 0.591. The van der Waals surface area contributed by atoms with Gasteiger partial charge in [-0.3, -0.25) is 19.6 Å². The van der Waals surface area contributed by atoms with Crippen LogP contribution in [-0.2, 0) is 4.79 Å². The zero-order valence-corrected chi connectivity index (χ0v) is 15.5. The number of piperidine rings is 1. The Morgan fingerprint density at radius 1 is 1.00 bits per heavy atom. The SMILES string of the molecule is CC(=O)Nc1cc(C2CCN(C(=O)c3ccc4nccnc4c3)CC2)ncn1. The molecule has 2 amide bonds. The van der Waals surface area contributed by atoms with Gasteiger partial charge in [0.25, 0.3) is 5.91 Å². The van der Waals surface area contributed by atoms with Crippen LogP contribution in [0.25, 0.3) is 11.0 Å². The predicted octanol–water partition coefficient (Wildman–Crippen LogP) is 2.40. The maximum absolute atomic E-state index is 12.9. The molecule has 1 saturated heterocycles. The minimum Gasteiger partial charge on any atom is -0.339 e. The van der Waals surface area contributed by atoms with Crippen LogP contribution in [0, 0.1) is 0 Å². The summed E-state index contributed by atoms with van der Waals surface area (Å²) in [6.45, 7) is 2.76. The molecule has 8 nitrogen and oxygen atoms in total. The van der Waals surface area contributed by atoms with Crippen molar-refractivity contribution < 1.29 is 9.59 Å². The molecule has 142 valence electrons. The van der Waals surface area contributed by atoms with Crippen LogP contribution in [0.3, 0.4) is 0 Å². The van der Waals surface area contributed by atoms with Crippen LogP contribution >= 0.6 is 0 Å². The number of hydrogen-bond donors (Lipinski definition) is 1. The molecule has 4 rings (SSSR count). The molecular formula is C20H20N6O2. The highest BCUT2D eigenvalue weighted by molar-refractivity contribution is 5.97. The van der Waals surface area contributed by atoms with Crippen molar-refractivity contribution in [1.82, 2.24) is 24.8 Å². The van der Waals surface area contributed by atoms with Gasteiger partial charge in [0.2, 0.25) is 5.91 Å². The summed E-state index contributed by atoms with van der Waals surface area (Å²) in [7, 11) is 0. The van der Waals surface area contributed by atoms with Crippen molar-refractivity contribution in [2.24, 2.45) is 0 Å². The summed E-state index contributed by atoms with van der Waals surface area (Å²) in [5, 5.41) is 2.68. The Hall–Kier alpha value is -3.42. The molecule has 0 atom stereocenters. The van der Waals surface area contributed by atoms with Crippen molar-refractivity contribution in [2.45, 2.75) is 25.7 Å². The third-order valence-electron chi connectivity index (χ3n) is 4.91. The predicted molar refractivity (Wildman–Crippen MR) is 104 cm³/mol. The van der Waals surface area contributed by atoms with E-state index in [-0.39, 0.29) is 17.7 Å². The van der Waals surface area contributed by atoms with E-state index in [1.807, 2.05) is 17.0 Å². The van der Waals surface area contributed by atoms with Gasteiger partial charge in [-0.15, -0.1) is 0 Å². The average molecular weight is 376 g/mol. The number of nitrogens with zero attached hydrogens (tertiary/aromatic N) is 5. The number of hydrogen-bond acceptors (Lipinski definition) is 6. The lowest BCUT2D eigenvalue weighted by atomic mass is 9.93. The largest absolute Gasteiger partial charge is 0.339 e. The Balaban J connectivity index is 1.43. The molecule has 1 aromatic carbocycles. The molecule has 0 unspecified atom stereocenters. The first kappa shape index (κ1) is 18.0. The Labute approximate surface area is 162 Å². The first-order valence-corrected chi connectivity index (χ1v) is 9.20. The zero-order valence-electron chi connectivity index (χ0n) is 15.5. The monoisotopic (exact) mass is 376 g/mol. The highest BCUT2D eigenvalue weighted by Crippen LogP contribution is 2.28. The molecule has 1 aliphatic heterocycles. The summed E-state index contributed by atoms with van der Waals surface area (Å²) in [4.78, 5) is 42.9. The number of fused-ring (bicyclic) bond motifs is 1. The molecule has 0 radical (unpaired) electrons. The fourth-order valence-corrected chi connectivity index (χ4v) is 3.50. The second kappa shape index (κ2) is 7.67. The van der Waals surface area contributed by atoms with Gasteiger partial charge < -0.3 is 10.2 Å².